The average molecular weight is 133 g/mol. The molecule has 0 N–H and O–H groups in total. The Kier molecular flexibility index (Phi) is 3.99. The van der Waals surface area contributed by atoms with Gasteiger partial charge in [0.2, 0.25) is 0 Å². The smallest absolute Gasteiger partial charge is 0.0994 e. The fourth-order valence-corrected chi connectivity index (χ4v) is 0.542. The average Bonchev–Trinajstić information content (AvgIpc) is 1.99. The van der Waals surface area contributed by atoms with Crippen LogP contribution in [0.25, 0.3) is 0 Å². The molecule has 0 unspecified atom stereocenters. The summed E-state index contributed by atoms with van der Waals surface area (Å²) in [6, 6.07) is 2.04. The zero-order chi connectivity index (χ0) is 7.98. The first-order valence-corrected chi connectivity index (χ1v) is 3.17. The molecule has 0 heterocycles. The van der Waals surface area contributed by atoms with E-state index in [1.54, 1.807) is 12.2 Å². The maximum Gasteiger partial charge on any atom is 0.0994 e. The molecular weight excluding hydrogens is 122 g/mol. The summed E-state index contributed by atoms with van der Waals surface area (Å²) < 4.78 is 0. The summed E-state index contributed by atoms with van der Waals surface area (Å²) >= 11 is 0. The van der Waals surface area contributed by atoms with Crippen LogP contribution in [-0.2, 0) is 0 Å². The topological polar surface area (TPSA) is 23.8 Å². The Labute approximate surface area is 62.0 Å². The molecule has 0 aromatic heterocycles. The van der Waals surface area contributed by atoms with Gasteiger partial charge in [-0.05, 0) is 18.1 Å². The van der Waals surface area contributed by atoms with E-state index in [1.807, 2.05) is 13.0 Å². The SMILES string of the molecule is C=C/C=C(/C#N)C(=C)CC. The van der Waals surface area contributed by atoms with Gasteiger partial charge in [-0.3, -0.25) is 0 Å². The molecule has 0 radical (unpaired) electrons. The van der Waals surface area contributed by atoms with Crippen LogP contribution >= 0.6 is 0 Å². The summed E-state index contributed by atoms with van der Waals surface area (Å²) in [7, 11) is 0. The van der Waals surface area contributed by atoms with Crippen molar-refractivity contribution in [3.05, 3.63) is 36.5 Å². The van der Waals surface area contributed by atoms with Gasteiger partial charge in [-0.1, -0.05) is 26.2 Å². The Bertz CT molecular complexity index is 203. The molecule has 0 aliphatic rings. The van der Waals surface area contributed by atoms with Gasteiger partial charge < -0.3 is 0 Å². The first kappa shape index (κ1) is 8.71. The van der Waals surface area contributed by atoms with Crippen LogP contribution in [0.1, 0.15) is 13.3 Å². The highest BCUT2D eigenvalue weighted by Gasteiger charge is 1.95. The third-order valence-electron chi connectivity index (χ3n) is 1.21. The lowest BCUT2D eigenvalue weighted by atomic mass is 10.1. The van der Waals surface area contributed by atoms with E-state index in [4.69, 9.17) is 5.26 Å². The van der Waals surface area contributed by atoms with E-state index in [2.05, 4.69) is 13.2 Å². The molecular formula is C9H11N. The maximum absolute atomic E-state index is 8.53. The summed E-state index contributed by atoms with van der Waals surface area (Å²) in [6.45, 7) is 9.19. The van der Waals surface area contributed by atoms with E-state index in [1.165, 1.54) is 0 Å². The minimum atomic E-state index is 0.623. The van der Waals surface area contributed by atoms with E-state index in [-0.39, 0.29) is 0 Å². The lowest BCUT2D eigenvalue weighted by molar-refractivity contribution is 1.13. The van der Waals surface area contributed by atoms with Crippen molar-refractivity contribution in [2.24, 2.45) is 0 Å². The highest BCUT2D eigenvalue weighted by Crippen LogP contribution is 2.09. The Morgan fingerprint density at radius 1 is 1.70 bits per heavy atom. The van der Waals surface area contributed by atoms with Crippen molar-refractivity contribution in [2.45, 2.75) is 13.3 Å². The molecule has 0 fully saturated rings. The quantitative estimate of drug-likeness (QED) is 0.429. The Morgan fingerprint density at radius 2 is 2.30 bits per heavy atom. The molecule has 0 saturated carbocycles. The van der Waals surface area contributed by atoms with E-state index in [9.17, 15) is 0 Å². The number of rotatable bonds is 3. The number of nitriles is 1. The van der Waals surface area contributed by atoms with E-state index >= 15 is 0 Å². The van der Waals surface area contributed by atoms with Gasteiger partial charge in [0, 0.05) is 0 Å². The highest BCUT2D eigenvalue weighted by molar-refractivity contribution is 5.41. The van der Waals surface area contributed by atoms with Gasteiger partial charge >= 0.3 is 0 Å². The second-order valence-electron chi connectivity index (χ2n) is 1.88. The third kappa shape index (κ3) is 2.32. The zero-order valence-electron chi connectivity index (χ0n) is 6.22. The summed E-state index contributed by atoms with van der Waals surface area (Å²) in [5, 5.41) is 8.53. The molecule has 0 bridgehead atoms. The molecule has 0 saturated heterocycles. The van der Waals surface area contributed by atoms with Crippen molar-refractivity contribution in [1.82, 2.24) is 0 Å². The molecule has 0 amide bonds. The zero-order valence-corrected chi connectivity index (χ0v) is 6.22. The second-order valence-corrected chi connectivity index (χ2v) is 1.88. The maximum atomic E-state index is 8.53. The van der Waals surface area contributed by atoms with Gasteiger partial charge in [0.1, 0.15) is 0 Å². The van der Waals surface area contributed by atoms with Crippen molar-refractivity contribution in [1.29, 1.82) is 5.26 Å². The number of hydrogen-bond donors (Lipinski definition) is 0. The number of hydrogen-bond acceptors (Lipinski definition) is 1. The van der Waals surface area contributed by atoms with Crippen LogP contribution in [0, 0.1) is 11.3 Å². The minimum absolute atomic E-state index is 0.623. The van der Waals surface area contributed by atoms with Crippen LogP contribution in [0.4, 0.5) is 0 Å². The molecule has 52 valence electrons. The van der Waals surface area contributed by atoms with Crippen molar-refractivity contribution in [3.8, 4) is 6.07 Å². The van der Waals surface area contributed by atoms with E-state index in [0.717, 1.165) is 12.0 Å². The lowest BCUT2D eigenvalue weighted by Gasteiger charge is -1.95. The number of allylic oxidation sites excluding steroid dienone is 4. The molecule has 0 spiro atoms. The van der Waals surface area contributed by atoms with Gasteiger partial charge in [-0.15, -0.1) is 0 Å². The molecule has 0 atom stereocenters. The monoisotopic (exact) mass is 133 g/mol. The first-order valence-electron chi connectivity index (χ1n) is 3.17. The van der Waals surface area contributed by atoms with Gasteiger partial charge in [0.05, 0.1) is 11.6 Å². The van der Waals surface area contributed by atoms with Gasteiger partial charge in [-0.25, -0.2) is 0 Å². The fourth-order valence-electron chi connectivity index (χ4n) is 0.542. The predicted octanol–water partition coefficient (Wildman–Crippen LogP) is 2.59. The van der Waals surface area contributed by atoms with E-state index < -0.39 is 0 Å². The van der Waals surface area contributed by atoms with Gasteiger partial charge in [0.15, 0.2) is 0 Å². The van der Waals surface area contributed by atoms with Crippen LogP contribution in [-0.4, -0.2) is 0 Å². The van der Waals surface area contributed by atoms with Crippen LogP contribution in [0.2, 0.25) is 0 Å². The highest BCUT2D eigenvalue weighted by atomic mass is 14.2. The molecule has 0 rings (SSSR count). The summed E-state index contributed by atoms with van der Waals surface area (Å²) in [6.07, 6.45) is 4.08. The third-order valence-corrected chi connectivity index (χ3v) is 1.21. The van der Waals surface area contributed by atoms with E-state index in [0.29, 0.717) is 5.57 Å². The fraction of sp³-hybridized carbons (Fsp3) is 0.222. The van der Waals surface area contributed by atoms with Crippen molar-refractivity contribution < 1.29 is 0 Å². The molecule has 0 aromatic carbocycles. The van der Waals surface area contributed by atoms with Crippen LogP contribution in [0.15, 0.2) is 36.5 Å². The Morgan fingerprint density at radius 3 is 2.60 bits per heavy atom. The molecule has 1 heteroatoms. The molecule has 0 aliphatic carbocycles. The molecule has 1 nitrogen and oxygen atoms in total. The molecule has 10 heavy (non-hydrogen) atoms. The van der Waals surface area contributed by atoms with Gasteiger partial charge in [-0.2, -0.15) is 5.26 Å². The van der Waals surface area contributed by atoms with Gasteiger partial charge in [0.25, 0.3) is 0 Å². The summed E-state index contributed by atoms with van der Waals surface area (Å²) in [5.41, 5.74) is 1.49. The van der Waals surface area contributed by atoms with Crippen LogP contribution in [0.5, 0.6) is 0 Å². The summed E-state index contributed by atoms with van der Waals surface area (Å²) in [4.78, 5) is 0. The lowest BCUT2D eigenvalue weighted by Crippen LogP contribution is -1.81. The molecule has 0 aliphatic heterocycles. The summed E-state index contributed by atoms with van der Waals surface area (Å²) in [5.74, 6) is 0. The largest absolute Gasteiger partial charge is 0.192 e. The van der Waals surface area contributed by atoms with Crippen LogP contribution < -0.4 is 0 Å². The standard InChI is InChI=1S/C9H11N/c1-4-6-9(7-10)8(3)5-2/h4,6H,1,3,5H2,2H3/b9-6-. The van der Waals surface area contributed by atoms with Crippen molar-refractivity contribution in [3.63, 3.8) is 0 Å². The molecule has 0 aromatic rings. The normalized spacial score (nSPS) is 10.2. The van der Waals surface area contributed by atoms with Crippen LogP contribution in [0.3, 0.4) is 0 Å². The second kappa shape index (κ2) is 4.58. The van der Waals surface area contributed by atoms with Crippen molar-refractivity contribution >= 4 is 0 Å². The minimum Gasteiger partial charge on any atom is -0.192 e. The number of nitrogens with zero attached hydrogens (tertiary/aromatic N) is 1. The first-order chi connectivity index (χ1) is 4.76. The predicted molar refractivity (Wildman–Crippen MR) is 43.3 cm³/mol. The Hall–Kier alpha value is -1.29. The Balaban J connectivity index is 4.39. The van der Waals surface area contributed by atoms with Crippen molar-refractivity contribution in [2.75, 3.05) is 0 Å².